The molecular formula is C23H30N4O2. The van der Waals surface area contributed by atoms with Crippen LogP contribution in [0.1, 0.15) is 48.1 Å². The van der Waals surface area contributed by atoms with Crippen molar-refractivity contribution in [3.05, 3.63) is 53.0 Å². The summed E-state index contributed by atoms with van der Waals surface area (Å²) < 4.78 is 5.36. The molecule has 0 atom stereocenters. The zero-order valence-electron chi connectivity index (χ0n) is 17.8. The Bertz CT molecular complexity index is 1000. The lowest BCUT2D eigenvalue weighted by Crippen LogP contribution is -2.49. The molecule has 2 aromatic heterocycles. The summed E-state index contributed by atoms with van der Waals surface area (Å²) in [4.78, 5) is 20.9. The van der Waals surface area contributed by atoms with Crippen LogP contribution in [-0.4, -0.2) is 58.6 Å². The normalized spacial score (nSPS) is 15.9. The molecule has 1 N–H and O–H groups in total. The van der Waals surface area contributed by atoms with Crippen molar-refractivity contribution < 1.29 is 9.32 Å². The lowest BCUT2D eigenvalue weighted by molar-refractivity contribution is 0.0634. The molecule has 154 valence electrons. The number of carbonyl (C=O) groups excluding carboxylic acids is 1. The van der Waals surface area contributed by atoms with Crippen molar-refractivity contribution in [3.63, 3.8) is 0 Å². The predicted octanol–water partition coefficient (Wildman–Crippen LogP) is 3.76. The zero-order valence-corrected chi connectivity index (χ0v) is 17.8. The predicted molar refractivity (Wildman–Crippen MR) is 114 cm³/mol. The summed E-state index contributed by atoms with van der Waals surface area (Å²) in [5.74, 6) is 0.659. The third-order valence-corrected chi connectivity index (χ3v) is 5.82. The van der Waals surface area contributed by atoms with E-state index in [0.29, 0.717) is 11.3 Å². The molecule has 0 spiro atoms. The standard InChI is InChI=1S/C23H30N4O2/c1-16-20(21(25-29-16)23(2,3)4)22(28)27-13-11-26(12-14-27)10-9-17-15-24-19-8-6-5-7-18(17)19/h5-8,15,24H,9-14H2,1-4H3. The molecular weight excluding hydrogens is 364 g/mol. The number of fused-ring (bicyclic) bond motifs is 1. The second-order valence-corrected chi connectivity index (χ2v) is 8.96. The average Bonchev–Trinajstić information content (AvgIpc) is 3.29. The minimum absolute atomic E-state index is 0.0463. The van der Waals surface area contributed by atoms with E-state index < -0.39 is 0 Å². The van der Waals surface area contributed by atoms with Crippen LogP contribution in [0.25, 0.3) is 10.9 Å². The van der Waals surface area contributed by atoms with E-state index in [4.69, 9.17) is 4.52 Å². The lowest BCUT2D eigenvalue weighted by Gasteiger charge is -2.35. The maximum atomic E-state index is 13.2. The van der Waals surface area contributed by atoms with Crippen molar-refractivity contribution in [3.8, 4) is 0 Å². The first kappa shape index (κ1) is 19.7. The number of aromatic nitrogens is 2. The summed E-state index contributed by atoms with van der Waals surface area (Å²) in [6.45, 7) is 12.3. The molecule has 1 saturated heterocycles. The van der Waals surface area contributed by atoms with Crippen LogP contribution in [0, 0.1) is 6.92 Å². The number of rotatable bonds is 4. The molecule has 0 saturated carbocycles. The summed E-state index contributed by atoms with van der Waals surface area (Å²) in [6, 6.07) is 8.43. The number of hydrogen-bond acceptors (Lipinski definition) is 4. The average molecular weight is 395 g/mol. The number of hydrogen-bond donors (Lipinski definition) is 1. The van der Waals surface area contributed by atoms with Crippen LogP contribution in [0.15, 0.2) is 35.0 Å². The summed E-state index contributed by atoms with van der Waals surface area (Å²) in [7, 11) is 0. The molecule has 0 radical (unpaired) electrons. The zero-order chi connectivity index (χ0) is 20.6. The highest BCUT2D eigenvalue weighted by Gasteiger charge is 2.32. The molecule has 0 aliphatic carbocycles. The van der Waals surface area contributed by atoms with E-state index in [-0.39, 0.29) is 11.3 Å². The monoisotopic (exact) mass is 394 g/mol. The van der Waals surface area contributed by atoms with Gasteiger partial charge in [-0.05, 0) is 25.0 Å². The topological polar surface area (TPSA) is 65.4 Å². The number of nitrogens with zero attached hydrogens (tertiary/aromatic N) is 3. The van der Waals surface area contributed by atoms with E-state index >= 15 is 0 Å². The second-order valence-electron chi connectivity index (χ2n) is 8.96. The summed E-state index contributed by atoms with van der Waals surface area (Å²) in [5.41, 5.74) is 3.72. The molecule has 1 aliphatic heterocycles. The van der Waals surface area contributed by atoms with Crippen molar-refractivity contribution in [1.29, 1.82) is 0 Å². The third-order valence-electron chi connectivity index (χ3n) is 5.82. The van der Waals surface area contributed by atoms with E-state index in [0.717, 1.165) is 44.8 Å². The first-order valence-electron chi connectivity index (χ1n) is 10.4. The van der Waals surface area contributed by atoms with Gasteiger partial charge in [-0.2, -0.15) is 0 Å². The quantitative estimate of drug-likeness (QED) is 0.732. The molecule has 0 unspecified atom stereocenters. The molecule has 1 aromatic carbocycles. The number of para-hydroxylation sites is 1. The number of aryl methyl sites for hydroxylation is 1. The van der Waals surface area contributed by atoms with Gasteiger partial charge in [0, 0.05) is 55.2 Å². The Hall–Kier alpha value is -2.60. The van der Waals surface area contributed by atoms with Crippen LogP contribution in [0.4, 0.5) is 0 Å². The first-order chi connectivity index (χ1) is 13.8. The molecule has 4 rings (SSSR count). The van der Waals surface area contributed by atoms with Crippen molar-refractivity contribution in [1.82, 2.24) is 19.9 Å². The third kappa shape index (κ3) is 3.94. The minimum atomic E-state index is -0.218. The molecule has 3 aromatic rings. The number of aromatic amines is 1. The van der Waals surface area contributed by atoms with Gasteiger partial charge in [-0.25, -0.2) is 0 Å². The van der Waals surface area contributed by atoms with Gasteiger partial charge in [-0.15, -0.1) is 0 Å². The minimum Gasteiger partial charge on any atom is -0.361 e. The number of amides is 1. The van der Waals surface area contributed by atoms with Gasteiger partial charge in [0.25, 0.3) is 5.91 Å². The number of nitrogens with one attached hydrogen (secondary N) is 1. The van der Waals surface area contributed by atoms with E-state index in [1.54, 1.807) is 0 Å². The second kappa shape index (κ2) is 7.67. The molecule has 29 heavy (non-hydrogen) atoms. The van der Waals surface area contributed by atoms with Gasteiger partial charge in [0.1, 0.15) is 17.0 Å². The summed E-state index contributed by atoms with van der Waals surface area (Å²) in [6.07, 6.45) is 3.13. The highest BCUT2D eigenvalue weighted by atomic mass is 16.5. The summed E-state index contributed by atoms with van der Waals surface area (Å²) >= 11 is 0. The highest BCUT2D eigenvalue weighted by molar-refractivity contribution is 5.96. The van der Waals surface area contributed by atoms with Crippen LogP contribution in [0.2, 0.25) is 0 Å². The van der Waals surface area contributed by atoms with Gasteiger partial charge in [-0.3, -0.25) is 9.69 Å². The van der Waals surface area contributed by atoms with Gasteiger partial charge in [0.15, 0.2) is 0 Å². The van der Waals surface area contributed by atoms with E-state index in [2.05, 4.69) is 66.3 Å². The molecule has 1 fully saturated rings. The Morgan fingerprint density at radius 1 is 1.17 bits per heavy atom. The Morgan fingerprint density at radius 2 is 1.90 bits per heavy atom. The van der Waals surface area contributed by atoms with Gasteiger partial charge in [0.2, 0.25) is 0 Å². The smallest absolute Gasteiger partial charge is 0.259 e. The van der Waals surface area contributed by atoms with Gasteiger partial charge >= 0.3 is 0 Å². The largest absolute Gasteiger partial charge is 0.361 e. The van der Waals surface area contributed by atoms with Gasteiger partial charge < -0.3 is 14.4 Å². The fourth-order valence-electron chi connectivity index (χ4n) is 4.09. The van der Waals surface area contributed by atoms with Crippen LogP contribution in [0.3, 0.4) is 0 Å². The van der Waals surface area contributed by atoms with Gasteiger partial charge in [-0.1, -0.05) is 44.1 Å². The lowest BCUT2D eigenvalue weighted by atomic mass is 9.88. The Balaban J connectivity index is 1.36. The fourth-order valence-corrected chi connectivity index (χ4v) is 4.09. The highest BCUT2D eigenvalue weighted by Crippen LogP contribution is 2.28. The maximum absolute atomic E-state index is 13.2. The Morgan fingerprint density at radius 3 is 2.62 bits per heavy atom. The van der Waals surface area contributed by atoms with Crippen molar-refractivity contribution in [2.45, 2.75) is 39.5 Å². The molecule has 6 nitrogen and oxygen atoms in total. The SMILES string of the molecule is Cc1onc(C(C)(C)C)c1C(=O)N1CCN(CCc2c[nH]c3ccccc23)CC1. The van der Waals surface area contributed by atoms with E-state index in [1.807, 2.05) is 11.8 Å². The van der Waals surface area contributed by atoms with Crippen molar-refractivity contribution in [2.75, 3.05) is 32.7 Å². The van der Waals surface area contributed by atoms with Crippen LogP contribution >= 0.6 is 0 Å². The first-order valence-corrected chi connectivity index (χ1v) is 10.4. The Kier molecular flexibility index (Phi) is 5.21. The van der Waals surface area contributed by atoms with Gasteiger partial charge in [0.05, 0.1) is 0 Å². The van der Waals surface area contributed by atoms with Crippen molar-refractivity contribution >= 4 is 16.8 Å². The fraction of sp³-hybridized carbons (Fsp3) is 0.478. The molecule has 1 aliphatic rings. The number of carbonyl (C=O) groups is 1. The van der Waals surface area contributed by atoms with Crippen LogP contribution in [-0.2, 0) is 11.8 Å². The molecule has 0 bridgehead atoms. The maximum Gasteiger partial charge on any atom is 0.259 e. The molecule has 6 heteroatoms. The number of piperazine rings is 1. The Labute approximate surface area is 171 Å². The molecule has 3 heterocycles. The number of H-pyrrole nitrogens is 1. The van der Waals surface area contributed by atoms with Crippen LogP contribution < -0.4 is 0 Å². The number of benzene rings is 1. The van der Waals surface area contributed by atoms with E-state index in [1.165, 1.54) is 16.5 Å². The van der Waals surface area contributed by atoms with E-state index in [9.17, 15) is 4.79 Å². The van der Waals surface area contributed by atoms with Crippen molar-refractivity contribution in [2.24, 2.45) is 0 Å². The molecule has 1 amide bonds. The van der Waals surface area contributed by atoms with Crippen LogP contribution in [0.5, 0.6) is 0 Å². The summed E-state index contributed by atoms with van der Waals surface area (Å²) in [5, 5.41) is 5.47.